The van der Waals surface area contributed by atoms with E-state index in [1.807, 2.05) is 18.5 Å². The number of rotatable bonds is 1. The molecule has 2 aromatic rings. The van der Waals surface area contributed by atoms with Crippen LogP contribution in [-0.2, 0) is 4.74 Å². The number of hydrogen-bond acceptors (Lipinski definition) is 2. The maximum atomic E-state index is 5.65. The Morgan fingerprint density at radius 1 is 1.47 bits per heavy atom. The zero-order valence-electron chi connectivity index (χ0n) is 8.19. The fourth-order valence-corrected chi connectivity index (χ4v) is 2.34. The third-order valence-corrected chi connectivity index (χ3v) is 3.21. The largest absolute Gasteiger partial charge is 0.370 e. The second-order valence-electron chi connectivity index (χ2n) is 3.76. The van der Waals surface area contributed by atoms with Crippen molar-refractivity contribution in [2.24, 2.45) is 0 Å². The first-order valence-corrected chi connectivity index (χ1v) is 5.88. The second kappa shape index (κ2) is 3.61. The van der Waals surface area contributed by atoms with E-state index in [0.29, 0.717) is 0 Å². The minimum atomic E-state index is 0.168. The molecular weight excluding hydrogens is 256 g/mol. The number of aromatic nitrogens is 2. The summed E-state index contributed by atoms with van der Waals surface area (Å²) in [7, 11) is 0. The zero-order valence-corrected chi connectivity index (χ0v) is 9.77. The standard InChI is InChI=1S/C11H11BrN2O/c12-8-3-4-9-6-13-11(14(9)7-8)10-2-1-5-15-10/h3-4,6-7,10H,1-2,5H2. The van der Waals surface area contributed by atoms with Crippen molar-refractivity contribution in [1.29, 1.82) is 0 Å². The summed E-state index contributed by atoms with van der Waals surface area (Å²) >= 11 is 3.47. The van der Waals surface area contributed by atoms with Crippen LogP contribution in [0.15, 0.2) is 29.0 Å². The molecule has 0 saturated carbocycles. The lowest BCUT2D eigenvalue weighted by atomic mass is 10.2. The van der Waals surface area contributed by atoms with Crippen LogP contribution in [0, 0.1) is 0 Å². The number of pyridine rings is 1. The lowest BCUT2D eigenvalue weighted by Gasteiger charge is -2.08. The van der Waals surface area contributed by atoms with Crippen LogP contribution >= 0.6 is 15.9 Å². The van der Waals surface area contributed by atoms with Crippen LogP contribution in [0.1, 0.15) is 24.8 Å². The predicted octanol–water partition coefficient (Wildman–Crippen LogP) is 2.95. The van der Waals surface area contributed by atoms with Crippen LogP contribution in [-0.4, -0.2) is 16.0 Å². The van der Waals surface area contributed by atoms with Crippen LogP contribution in [0.4, 0.5) is 0 Å². The van der Waals surface area contributed by atoms with Crippen molar-refractivity contribution in [2.75, 3.05) is 6.61 Å². The van der Waals surface area contributed by atoms with Gasteiger partial charge < -0.3 is 9.14 Å². The highest BCUT2D eigenvalue weighted by Crippen LogP contribution is 2.28. The van der Waals surface area contributed by atoms with Gasteiger partial charge in [-0.05, 0) is 40.9 Å². The average Bonchev–Trinajstić information content (AvgIpc) is 2.83. The van der Waals surface area contributed by atoms with Crippen LogP contribution in [0.2, 0.25) is 0 Å². The van der Waals surface area contributed by atoms with Gasteiger partial charge in [-0.3, -0.25) is 0 Å². The topological polar surface area (TPSA) is 26.5 Å². The fourth-order valence-electron chi connectivity index (χ4n) is 2.00. The fraction of sp³-hybridized carbons (Fsp3) is 0.364. The van der Waals surface area contributed by atoms with Crippen molar-refractivity contribution in [3.63, 3.8) is 0 Å². The van der Waals surface area contributed by atoms with E-state index in [1.165, 1.54) is 0 Å². The first kappa shape index (κ1) is 9.36. The Labute approximate surface area is 96.2 Å². The van der Waals surface area contributed by atoms with Gasteiger partial charge in [0.2, 0.25) is 0 Å². The Balaban J connectivity index is 2.13. The average molecular weight is 267 g/mol. The van der Waals surface area contributed by atoms with Crippen LogP contribution in [0.5, 0.6) is 0 Å². The van der Waals surface area contributed by atoms with Gasteiger partial charge in [-0.25, -0.2) is 4.98 Å². The Bertz CT molecular complexity index is 488. The molecule has 3 nitrogen and oxygen atoms in total. The molecular formula is C11H11BrN2O. The maximum Gasteiger partial charge on any atom is 0.142 e. The molecule has 0 N–H and O–H groups in total. The number of imidazole rings is 1. The Kier molecular flexibility index (Phi) is 2.25. The highest BCUT2D eigenvalue weighted by atomic mass is 79.9. The smallest absolute Gasteiger partial charge is 0.142 e. The van der Waals surface area contributed by atoms with Crippen molar-refractivity contribution < 1.29 is 4.74 Å². The van der Waals surface area contributed by atoms with E-state index in [9.17, 15) is 0 Å². The van der Waals surface area contributed by atoms with Crippen molar-refractivity contribution in [3.8, 4) is 0 Å². The summed E-state index contributed by atoms with van der Waals surface area (Å²) in [6.45, 7) is 0.855. The molecule has 1 atom stereocenters. The van der Waals surface area contributed by atoms with Gasteiger partial charge in [-0.15, -0.1) is 0 Å². The molecule has 0 aliphatic carbocycles. The summed E-state index contributed by atoms with van der Waals surface area (Å²) in [5, 5.41) is 0. The van der Waals surface area contributed by atoms with Crippen LogP contribution < -0.4 is 0 Å². The molecule has 0 radical (unpaired) electrons. The maximum absolute atomic E-state index is 5.65. The third-order valence-electron chi connectivity index (χ3n) is 2.74. The van der Waals surface area contributed by atoms with Gasteiger partial charge in [0.1, 0.15) is 11.9 Å². The predicted molar refractivity (Wildman–Crippen MR) is 60.8 cm³/mol. The summed E-state index contributed by atoms with van der Waals surface area (Å²) in [4.78, 5) is 4.44. The highest BCUT2D eigenvalue weighted by Gasteiger charge is 2.21. The molecule has 1 unspecified atom stereocenters. The minimum absolute atomic E-state index is 0.168. The number of halogens is 1. The molecule has 3 heterocycles. The van der Waals surface area contributed by atoms with Crippen LogP contribution in [0.25, 0.3) is 5.52 Å². The first-order valence-electron chi connectivity index (χ1n) is 5.09. The quantitative estimate of drug-likeness (QED) is 0.794. The van der Waals surface area contributed by atoms with Crippen molar-refractivity contribution in [1.82, 2.24) is 9.38 Å². The van der Waals surface area contributed by atoms with Crippen molar-refractivity contribution in [2.45, 2.75) is 18.9 Å². The van der Waals surface area contributed by atoms with E-state index >= 15 is 0 Å². The summed E-state index contributed by atoms with van der Waals surface area (Å²) < 4.78 is 8.81. The van der Waals surface area contributed by atoms with Crippen molar-refractivity contribution in [3.05, 3.63) is 34.8 Å². The molecule has 1 fully saturated rings. The van der Waals surface area contributed by atoms with E-state index in [-0.39, 0.29) is 6.10 Å². The normalized spacial score (nSPS) is 21.3. The first-order chi connectivity index (χ1) is 7.34. The lowest BCUT2D eigenvalue weighted by Crippen LogP contribution is -2.02. The minimum Gasteiger partial charge on any atom is -0.370 e. The van der Waals surface area contributed by atoms with Gasteiger partial charge in [0.05, 0.1) is 11.7 Å². The molecule has 78 valence electrons. The number of hydrogen-bond donors (Lipinski definition) is 0. The summed E-state index contributed by atoms with van der Waals surface area (Å²) in [6, 6.07) is 4.08. The Hall–Kier alpha value is -0.870. The van der Waals surface area contributed by atoms with Gasteiger partial charge in [-0.1, -0.05) is 0 Å². The zero-order chi connectivity index (χ0) is 10.3. The van der Waals surface area contributed by atoms with E-state index in [0.717, 1.165) is 35.3 Å². The molecule has 0 aromatic carbocycles. The van der Waals surface area contributed by atoms with Gasteiger partial charge in [-0.2, -0.15) is 0 Å². The third kappa shape index (κ3) is 1.58. The van der Waals surface area contributed by atoms with Gasteiger partial charge in [0, 0.05) is 17.3 Å². The number of ether oxygens (including phenoxy) is 1. The van der Waals surface area contributed by atoms with Gasteiger partial charge in [0.15, 0.2) is 0 Å². The molecule has 0 amide bonds. The van der Waals surface area contributed by atoms with Crippen LogP contribution in [0.3, 0.4) is 0 Å². The van der Waals surface area contributed by atoms with E-state index < -0.39 is 0 Å². The Morgan fingerprint density at radius 3 is 3.20 bits per heavy atom. The molecule has 3 rings (SSSR count). The second-order valence-corrected chi connectivity index (χ2v) is 4.68. The molecule has 0 spiro atoms. The summed E-state index contributed by atoms with van der Waals surface area (Å²) in [6.07, 6.45) is 6.31. The molecule has 4 heteroatoms. The molecule has 1 saturated heterocycles. The van der Waals surface area contributed by atoms with Crippen molar-refractivity contribution >= 4 is 21.4 Å². The molecule has 1 aliphatic rings. The van der Waals surface area contributed by atoms with E-state index in [2.05, 4.69) is 31.4 Å². The molecule has 15 heavy (non-hydrogen) atoms. The summed E-state index contributed by atoms with van der Waals surface area (Å²) in [5.41, 5.74) is 1.11. The van der Waals surface area contributed by atoms with Gasteiger partial charge in [0.25, 0.3) is 0 Å². The Morgan fingerprint density at radius 2 is 2.40 bits per heavy atom. The number of fused-ring (bicyclic) bond motifs is 1. The van der Waals surface area contributed by atoms with E-state index in [4.69, 9.17) is 4.74 Å². The number of nitrogens with zero attached hydrogens (tertiary/aromatic N) is 2. The monoisotopic (exact) mass is 266 g/mol. The van der Waals surface area contributed by atoms with Gasteiger partial charge >= 0.3 is 0 Å². The van der Waals surface area contributed by atoms with E-state index in [1.54, 1.807) is 0 Å². The highest BCUT2D eigenvalue weighted by molar-refractivity contribution is 9.10. The molecule has 2 aromatic heterocycles. The lowest BCUT2D eigenvalue weighted by molar-refractivity contribution is 0.104. The molecule has 1 aliphatic heterocycles. The molecule has 0 bridgehead atoms. The summed E-state index contributed by atoms with van der Waals surface area (Å²) in [5.74, 6) is 1.02. The SMILES string of the molecule is Brc1ccc2cnc(C3CCCO3)n2c1.